The number of amides is 1. The molecular formula is C8H11ClN2O2. The summed E-state index contributed by atoms with van der Waals surface area (Å²) in [7, 11) is 0. The van der Waals surface area contributed by atoms with Crippen molar-refractivity contribution in [3.8, 4) is 0 Å². The Hall–Kier alpha value is -1.03. The Morgan fingerprint density at radius 2 is 2.54 bits per heavy atom. The summed E-state index contributed by atoms with van der Waals surface area (Å²) < 4.78 is 4.76. The molecule has 0 radical (unpaired) electrons. The van der Waals surface area contributed by atoms with Gasteiger partial charge in [0.25, 0.3) is 5.91 Å². The summed E-state index contributed by atoms with van der Waals surface area (Å²) in [5.41, 5.74) is 0.287. The Kier molecular flexibility index (Phi) is 3.31. The molecule has 0 fully saturated rings. The van der Waals surface area contributed by atoms with Crippen molar-refractivity contribution in [1.29, 1.82) is 0 Å². The molecule has 0 aromatic carbocycles. The normalized spacial score (nSPS) is 12.5. The van der Waals surface area contributed by atoms with Crippen LogP contribution >= 0.6 is 11.6 Å². The van der Waals surface area contributed by atoms with E-state index in [2.05, 4.69) is 10.5 Å². The molecule has 1 aromatic heterocycles. The first-order valence-electron chi connectivity index (χ1n) is 3.93. The molecule has 5 heteroatoms. The highest BCUT2D eigenvalue weighted by Crippen LogP contribution is 2.01. The Balaban J connectivity index is 2.58. The summed E-state index contributed by atoms with van der Waals surface area (Å²) in [4.78, 5) is 11.3. The fourth-order valence-electron chi connectivity index (χ4n) is 0.810. The lowest BCUT2D eigenvalue weighted by atomic mass is 10.3. The number of nitrogens with one attached hydrogen (secondary N) is 1. The molecule has 1 unspecified atom stereocenters. The summed E-state index contributed by atoms with van der Waals surface area (Å²) in [6.45, 7) is 3.55. The number of carbonyl (C=O) groups is 1. The molecule has 1 heterocycles. The van der Waals surface area contributed by atoms with Gasteiger partial charge in [0, 0.05) is 18.0 Å². The van der Waals surface area contributed by atoms with Gasteiger partial charge >= 0.3 is 0 Å². The van der Waals surface area contributed by atoms with Gasteiger partial charge in [-0.1, -0.05) is 5.16 Å². The lowest BCUT2D eigenvalue weighted by Crippen LogP contribution is -2.33. The molecule has 0 aliphatic rings. The van der Waals surface area contributed by atoms with E-state index in [-0.39, 0.29) is 17.6 Å². The number of alkyl halides is 1. The van der Waals surface area contributed by atoms with Crippen molar-refractivity contribution in [3.05, 3.63) is 17.5 Å². The highest BCUT2D eigenvalue weighted by molar-refractivity contribution is 6.18. The van der Waals surface area contributed by atoms with Gasteiger partial charge in [-0.3, -0.25) is 4.79 Å². The van der Waals surface area contributed by atoms with Crippen LogP contribution in [0.25, 0.3) is 0 Å². The first-order valence-corrected chi connectivity index (χ1v) is 4.47. The molecule has 0 spiro atoms. The van der Waals surface area contributed by atoms with Crippen LogP contribution in [0.4, 0.5) is 0 Å². The smallest absolute Gasteiger partial charge is 0.273 e. The standard InChI is InChI=1S/C8H11ClN2O2/c1-5(4-9)10-8(12)7-3-6(2)13-11-7/h3,5H,4H2,1-2H3,(H,10,12). The zero-order valence-electron chi connectivity index (χ0n) is 7.50. The first kappa shape index (κ1) is 10.1. The van der Waals surface area contributed by atoms with E-state index in [0.29, 0.717) is 11.6 Å². The average Bonchev–Trinajstić information content (AvgIpc) is 2.51. The first-order chi connectivity index (χ1) is 6.13. The summed E-state index contributed by atoms with van der Waals surface area (Å²) in [5.74, 6) is 0.733. The zero-order chi connectivity index (χ0) is 9.84. The molecule has 1 atom stereocenters. The Morgan fingerprint density at radius 1 is 1.85 bits per heavy atom. The SMILES string of the molecule is Cc1cc(C(=O)NC(C)CCl)no1. The van der Waals surface area contributed by atoms with Gasteiger partial charge in [-0.15, -0.1) is 11.6 Å². The number of halogens is 1. The lowest BCUT2D eigenvalue weighted by molar-refractivity contribution is 0.0934. The van der Waals surface area contributed by atoms with Crippen molar-refractivity contribution in [3.63, 3.8) is 0 Å². The minimum atomic E-state index is -0.259. The second-order valence-electron chi connectivity index (χ2n) is 2.85. The molecule has 1 amide bonds. The molecule has 1 aromatic rings. The maximum absolute atomic E-state index is 11.3. The van der Waals surface area contributed by atoms with E-state index in [4.69, 9.17) is 16.1 Å². The van der Waals surface area contributed by atoms with Gasteiger partial charge in [0.2, 0.25) is 0 Å². The average molecular weight is 203 g/mol. The van der Waals surface area contributed by atoms with E-state index in [0.717, 1.165) is 0 Å². The third kappa shape index (κ3) is 2.73. The summed E-state index contributed by atoms with van der Waals surface area (Å²) >= 11 is 5.53. The molecule has 1 rings (SSSR count). The summed E-state index contributed by atoms with van der Waals surface area (Å²) in [6, 6.07) is 1.52. The molecule has 0 aliphatic heterocycles. The monoisotopic (exact) mass is 202 g/mol. The largest absolute Gasteiger partial charge is 0.361 e. The number of hydrogen-bond donors (Lipinski definition) is 1. The molecule has 4 nitrogen and oxygen atoms in total. The van der Waals surface area contributed by atoms with Gasteiger partial charge in [-0.2, -0.15) is 0 Å². The van der Waals surface area contributed by atoms with Crippen LogP contribution in [-0.4, -0.2) is 23.0 Å². The van der Waals surface area contributed by atoms with Gasteiger partial charge in [0.05, 0.1) is 0 Å². The highest BCUT2D eigenvalue weighted by Gasteiger charge is 2.12. The van der Waals surface area contributed by atoms with Crippen LogP contribution in [0.3, 0.4) is 0 Å². The molecule has 0 bridgehead atoms. The molecular weight excluding hydrogens is 192 g/mol. The maximum atomic E-state index is 11.3. The molecule has 1 N–H and O–H groups in total. The summed E-state index contributed by atoms with van der Waals surface area (Å²) in [5, 5.41) is 6.24. The Labute approximate surface area is 81.2 Å². The molecule has 0 aliphatic carbocycles. The fourth-order valence-corrected chi connectivity index (χ4v) is 0.887. The Bertz CT molecular complexity index is 298. The van der Waals surface area contributed by atoms with Crippen LogP contribution in [0.2, 0.25) is 0 Å². The van der Waals surface area contributed by atoms with Crippen LogP contribution in [-0.2, 0) is 0 Å². The number of aryl methyl sites for hydroxylation is 1. The molecule has 0 saturated heterocycles. The second-order valence-corrected chi connectivity index (χ2v) is 3.16. The minimum Gasteiger partial charge on any atom is -0.361 e. The predicted molar refractivity (Wildman–Crippen MR) is 48.9 cm³/mol. The number of aromatic nitrogens is 1. The van der Waals surface area contributed by atoms with E-state index < -0.39 is 0 Å². The highest BCUT2D eigenvalue weighted by atomic mass is 35.5. The zero-order valence-corrected chi connectivity index (χ0v) is 8.26. The summed E-state index contributed by atoms with van der Waals surface area (Å²) in [6.07, 6.45) is 0. The van der Waals surface area contributed by atoms with Gasteiger partial charge < -0.3 is 9.84 Å². The van der Waals surface area contributed by atoms with Crippen molar-refractivity contribution in [2.45, 2.75) is 19.9 Å². The number of nitrogens with zero attached hydrogens (tertiary/aromatic N) is 1. The van der Waals surface area contributed by atoms with E-state index in [1.807, 2.05) is 6.92 Å². The predicted octanol–water partition coefficient (Wildman–Crippen LogP) is 1.34. The van der Waals surface area contributed by atoms with E-state index in [9.17, 15) is 4.79 Å². The minimum absolute atomic E-state index is 0.0637. The number of rotatable bonds is 3. The van der Waals surface area contributed by atoms with Crippen LogP contribution in [0.5, 0.6) is 0 Å². The van der Waals surface area contributed by atoms with Gasteiger partial charge in [-0.05, 0) is 13.8 Å². The van der Waals surface area contributed by atoms with Gasteiger partial charge in [0.15, 0.2) is 5.69 Å². The second kappa shape index (κ2) is 4.28. The van der Waals surface area contributed by atoms with Gasteiger partial charge in [-0.25, -0.2) is 0 Å². The lowest BCUT2D eigenvalue weighted by Gasteiger charge is -2.07. The van der Waals surface area contributed by atoms with Crippen LogP contribution in [0.15, 0.2) is 10.6 Å². The maximum Gasteiger partial charge on any atom is 0.273 e. The number of hydrogen-bond acceptors (Lipinski definition) is 3. The van der Waals surface area contributed by atoms with Crippen molar-refractivity contribution >= 4 is 17.5 Å². The molecule has 0 saturated carbocycles. The fraction of sp³-hybridized carbons (Fsp3) is 0.500. The number of carbonyl (C=O) groups excluding carboxylic acids is 1. The van der Waals surface area contributed by atoms with Crippen LogP contribution in [0.1, 0.15) is 23.2 Å². The van der Waals surface area contributed by atoms with Crippen LogP contribution in [0, 0.1) is 6.92 Å². The van der Waals surface area contributed by atoms with E-state index >= 15 is 0 Å². The van der Waals surface area contributed by atoms with Crippen molar-refractivity contribution in [1.82, 2.24) is 10.5 Å². The van der Waals surface area contributed by atoms with Crippen LogP contribution < -0.4 is 5.32 Å². The quantitative estimate of drug-likeness (QED) is 0.753. The van der Waals surface area contributed by atoms with E-state index in [1.165, 1.54) is 0 Å². The third-order valence-electron chi connectivity index (χ3n) is 1.47. The van der Waals surface area contributed by atoms with Gasteiger partial charge in [0.1, 0.15) is 5.76 Å². The van der Waals surface area contributed by atoms with E-state index in [1.54, 1.807) is 13.0 Å². The van der Waals surface area contributed by atoms with Crippen molar-refractivity contribution in [2.75, 3.05) is 5.88 Å². The Morgan fingerprint density at radius 3 is 3.00 bits per heavy atom. The molecule has 13 heavy (non-hydrogen) atoms. The molecule has 72 valence electrons. The van der Waals surface area contributed by atoms with Crippen molar-refractivity contribution < 1.29 is 9.32 Å². The third-order valence-corrected chi connectivity index (χ3v) is 1.93. The topological polar surface area (TPSA) is 55.1 Å². The van der Waals surface area contributed by atoms with Crippen molar-refractivity contribution in [2.24, 2.45) is 0 Å².